The molecule has 0 amide bonds. The van der Waals surface area contributed by atoms with Gasteiger partial charge in [0.2, 0.25) is 0 Å². The Morgan fingerprint density at radius 2 is 0.846 bits per heavy atom. The lowest BCUT2D eigenvalue weighted by molar-refractivity contribution is 0.0524. The summed E-state index contributed by atoms with van der Waals surface area (Å²) in [5, 5.41) is 24.5. The Kier molecular flexibility index (Phi) is 22.5. The molecule has 0 fully saturated rings. The molecule has 0 bridgehead atoms. The fourth-order valence-corrected chi connectivity index (χ4v) is 2.12. The molecule has 26 heavy (non-hydrogen) atoms. The molecule has 0 rings (SSSR count). The van der Waals surface area contributed by atoms with Crippen LogP contribution in [0.2, 0.25) is 0 Å². The largest absolute Gasteiger partial charge is 0.381 e. The first kappa shape index (κ1) is 27.9. The van der Waals surface area contributed by atoms with Gasteiger partial charge in [0.15, 0.2) is 0 Å². The predicted octanol–water partition coefficient (Wildman–Crippen LogP) is 0.209. The molecule has 0 atom stereocenters. The highest BCUT2D eigenvalue weighted by molar-refractivity contribution is 4.55. The third kappa shape index (κ3) is 15.9. The van der Waals surface area contributed by atoms with E-state index in [9.17, 15) is 0 Å². The molecule has 160 valence electrons. The molecule has 0 aromatic heterocycles. The number of nitrogens with zero attached hydrogens (tertiary/aromatic N) is 4. The van der Waals surface area contributed by atoms with Gasteiger partial charge in [0, 0.05) is 13.3 Å². The molecule has 0 aliphatic rings. The van der Waals surface area contributed by atoms with E-state index < -0.39 is 0 Å². The second-order valence-electron chi connectivity index (χ2n) is 6.04. The maximum atomic E-state index is 8.97. The minimum atomic E-state index is 0.138. The quantitative estimate of drug-likeness (QED) is 0.284. The average Bonchev–Trinajstić information content (AvgIpc) is 2.69. The van der Waals surface area contributed by atoms with Crippen LogP contribution in [-0.2, 0) is 0 Å². The molecule has 0 spiro atoms. The van der Waals surface area contributed by atoms with E-state index in [2.05, 4.69) is 62.0 Å². The van der Waals surface area contributed by atoms with Gasteiger partial charge in [-0.2, -0.15) is 0 Å². The first-order valence-electron chi connectivity index (χ1n) is 10.1. The van der Waals surface area contributed by atoms with Crippen molar-refractivity contribution in [3.63, 3.8) is 0 Å². The zero-order valence-electron chi connectivity index (χ0n) is 18.2. The van der Waals surface area contributed by atoms with Crippen LogP contribution in [0.15, 0.2) is 0 Å². The fraction of sp³-hybridized carbons (Fsp3) is 1.00. The molecule has 0 aromatic carbocycles. The van der Waals surface area contributed by atoms with Crippen molar-refractivity contribution in [3.8, 4) is 0 Å². The summed E-state index contributed by atoms with van der Waals surface area (Å²) < 4.78 is 0. The predicted molar refractivity (Wildman–Crippen MR) is 111 cm³/mol. The summed E-state index contributed by atoms with van der Waals surface area (Å²) >= 11 is 0. The van der Waals surface area contributed by atoms with Crippen molar-refractivity contribution in [3.05, 3.63) is 0 Å². The SMILES string of the molecule is CCNCN(CC)CN(CC)CO.CCNCN(CC)CN(CC)CO. The number of hydrogen-bond donors (Lipinski definition) is 4. The number of aliphatic hydroxyl groups is 2. The van der Waals surface area contributed by atoms with E-state index >= 15 is 0 Å². The van der Waals surface area contributed by atoms with E-state index in [0.717, 1.165) is 65.9 Å². The minimum Gasteiger partial charge on any atom is -0.381 e. The van der Waals surface area contributed by atoms with Crippen molar-refractivity contribution in [2.24, 2.45) is 0 Å². The van der Waals surface area contributed by atoms with Crippen LogP contribution in [0.1, 0.15) is 41.5 Å². The number of aliphatic hydroxyl groups excluding tert-OH is 2. The Hall–Kier alpha value is -0.320. The highest BCUT2D eigenvalue weighted by Gasteiger charge is 2.06. The summed E-state index contributed by atoms with van der Waals surface area (Å²) in [7, 11) is 0. The van der Waals surface area contributed by atoms with E-state index in [0.29, 0.717) is 0 Å². The maximum absolute atomic E-state index is 8.97. The Morgan fingerprint density at radius 1 is 0.538 bits per heavy atom. The van der Waals surface area contributed by atoms with Gasteiger partial charge in [0.1, 0.15) is 0 Å². The Balaban J connectivity index is 0. The summed E-state index contributed by atoms with van der Waals surface area (Å²) in [5.41, 5.74) is 0. The molecule has 8 nitrogen and oxygen atoms in total. The van der Waals surface area contributed by atoms with Crippen molar-refractivity contribution in [2.75, 3.05) is 79.4 Å². The van der Waals surface area contributed by atoms with Crippen molar-refractivity contribution in [1.29, 1.82) is 0 Å². The van der Waals surface area contributed by atoms with E-state index in [-0.39, 0.29) is 13.5 Å². The maximum Gasteiger partial charge on any atom is 0.0966 e. The van der Waals surface area contributed by atoms with Crippen molar-refractivity contribution in [1.82, 2.24) is 30.2 Å². The first-order valence-corrected chi connectivity index (χ1v) is 10.1. The Morgan fingerprint density at radius 3 is 1.04 bits per heavy atom. The summed E-state index contributed by atoms with van der Waals surface area (Å²) in [4.78, 5) is 8.48. The van der Waals surface area contributed by atoms with Crippen molar-refractivity contribution >= 4 is 0 Å². The third-order valence-electron chi connectivity index (χ3n) is 4.16. The molecule has 8 heteroatoms. The van der Waals surface area contributed by atoms with E-state index in [1.807, 2.05) is 9.80 Å². The lowest BCUT2D eigenvalue weighted by atomic mass is 10.5. The van der Waals surface area contributed by atoms with Crippen LogP contribution in [0, 0.1) is 0 Å². The standard InChI is InChI=1S/2C9H23N3O/c2*1-4-10-7-11(5-2)8-12(6-3)9-13/h2*10,13H,4-9H2,1-3H3. The van der Waals surface area contributed by atoms with Crippen LogP contribution >= 0.6 is 0 Å². The van der Waals surface area contributed by atoms with Crippen LogP contribution in [0.3, 0.4) is 0 Å². The van der Waals surface area contributed by atoms with Gasteiger partial charge in [0.05, 0.1) is 26.8 Å². The van der Waals surface area contributed by atoms with Gasteiger partial charge in [0.25, 0.3) is 0 Å². The van der Waals surface area contributed by atoms with Crippen LogP contribution in [0.25, 0.3) is 0 Å². The molecule has 4 N–H and O–H groups in total. The highest BCUT2D eigenvalue weighted by atomic mass is 16.3. The van der Waals surface area contributed by atoms with Crippen molar-refractivity contribution < 1.29 is 10.2 Å². The lowest BCUT2D eigenvalue weighted by Gasteiger charge is -2.27. The van der Waals surface area contributed by atoms with Gasteiger partial charge in [-0.15, -0.1) is 0 Å². The molecular weight excluding hydrogens is 332 g/mol. The molecular formula is C18H46N6O2. The first-order chi connectivity index (χ1) is 12.6. The van der Waals surface area contributed by atoms with Gasteiger partial charge >= 0.3 is 0 Å². The Labute approximate surface area is 162 Å². The molecule has 0 saturated carbocycles. The molecule has 0 unspecified atom stereocenters. The molecule has 0 heterocycles. The number of rotatable bonds is 16. The van der Waals surface area contributed by atoms with E-state index in [4.69, 9.17) is 10.2 Å². The fourth-order valence-electron chi connectivity index (χ4n) is 2.12. The zero-order valence-corrected chi connectivity index (χ0v) is 18.2. The summed E-state index contributed by atoms with van der Waals surface area (Å²) in [5.74, 6) is 0. The van der Waals surface area contributed by atoms with Crippen LogP contribution in [-0.4, -0.2) is 109 Å². The van der Waals surface area contributed by atoms with E-state index in [1.165, 1.54) is 0 Å². The van der Waals surface area contributed by atoms with E-state index in [1.54, 1.807) is 0 Å². The summed E-state index contributed by atoms with van der Waals surface area (Å²) in [6.45, 7) is 22.0. The van der Waals surface area contributed by atoms with Crippen LogP contribution in [0.4, 0.5) is 0 Å². The third-order valence-corrected chi connectivity index (χ3v) is 4.16. The second kappa shape index (κ2) is 21.0. The average molecular weight is 379 g/mol. The molecule has 0 aromatic rings. The summed E-state index contributed by atoms with van der Waals surface area (Å²) in [6, 6.07) is 0. The van der Waals surface area contributed by atoms with Crippen LogP contribution < -0.4 is 10.6 Å². The second-order valence-corrected chi connectivity index (χ2v) is 6.04. The number of hydrogen-bond acceptors (Lipinski definition) is 8. The summed E-state index contributed by atoms with van der Waals surface area (Å²) in [6.07, 6.45) is 0. The van der Waals surface area contributed by atoms with Gasteiger partial charge in [-0.3, -0.25) is 19.6 Å². The topological polar surface area (TPSA) is 77.5 Å². The van der Waals surface area contributed by atoms with Gasteiger partial charge in [-0.25, -0.2) is 0 Å². The highest BCUT2D eigenvalue weighted by Crippen LogP contribution is 1.92. The normalized spacial score (nSPS) is 11.5. The van der Waals surface area contributed by atoms with Gasteiger partial charge in [-0.05, 0) is 39.3 Å². The Bertz CT molecular complexity index is 240. The van der Waals surface area contributed by atoms with Gasteiger partial charge in [-0.1, -0.05) is 41.5 Å². The molecule has 0 aliphatic carbocycles. The molecule has 0 aliphatic heterocycles. The molecule has 0 radical (unpaired) electrons. The minimum absolute atomic E-state index is 0.138. The molecule has 0 saturated heterocycles. The number of nitrogens with one attached hydrogen (secondary N) is 2. The van der Waals surface area contributed by atoms with Gasteiger partial charge < -0.3 is 20.8 Å². The smallest absolute Gasteiger partial charge is 0.0966 e. The monoisotopic (exact) mass is 378 g/mol. The zero-order chi connectivity index (χ0) is 20.2. The lowest BCUT2D eigenvalue weighted by Crippen LogP contribution is -2.42. The van der Waals surface area contributed by atoms with Crippen LogP contribution in [0.5, 0.6) is 0 Å². The van der Waals surface area contributed by atoms with Crippen molar-refractivity contribution in [2.45, 2.75) is 41.5 Å².